The summed E-state index contributed by atoms with van der Waals surface area (Å²) in [4.78, 5) is 32.2. The van der Waals surface area contributed by atoms with Crippen LogP contribution in [0.5, 0.6) is 0 Å². The lowest BCUT2D eigenvalue weighted by Crippen LogP contribution is -2.19. The molecule has 0 aliphatic carbocycles. The van der Waals surface area contributed by atoms with Crippen molar-refractivity contribution in [1.82, 2.24) is 0 Å². The summed E-state index contributed by atoms with van der Waals surface area (Å²) in [5, 5.41) is 0. The summed E-state index contributed by atoms with van der Waals surface area (Å²) < 4.78 is 29.6. The van der Waals surface area contributed by atoms with Crippen molar-refractivity contribution in [3.8, 4) is 0 Å². The molecule has 0 aliphatic heterocycles. The van der Waals surface area contributed by atoms with Gasteiger partial charge in [-0.2, -0.15) is 0 Å². The predicted octanol–water partition coefficient (Wildman–Crippen LogP) is 14.8. The second-order valence-electron chi connectivity index (χ2n) is 16.9. The molecule has 336 valence electrons. The molecule has 0 aromatic heterocycles. The fourth-order valence-corrected chi connectivity index (χ4v) is 7.72. The number of phosphoric ester groups is 1. The van der Waals surface area contributed by atoms with E-state index in [0.717, 1.165) is 108 Å². The number of rotatable bonds is 32. The zero-order valence-corrected chi connectivity index (χ0v) is 40.7. The Hall–Kier alpha value is -2.34. The molecule has 0 aliphatic rings. The molecule has 59 heavy (non-hydrogen) atoms. The lowest BCUT2D eigenvalue weighted by molar-refractivity contribution is -0.339. The molecule has 9 heteroatoms. The van der Waals surface area contributed by atoms with Crippen LogP contribution in [0.3, 0.4) is 0 Å². The minimum absolute atomic E-state index is 0.391. The second kappa shape index (κ2) is 33.3. The Kier molecular flexibility index (Phi) is 32.0. The first-order chi connectivity index (χ1) is 27.7. The Morgan fingerprint density at radius 1 is 0.356 bits per heavy atom. The van der Waals surface area contributed by atoms with Crippen molar-refractivity contribution in [3.05, 3.63) is 116 Å². The number of phosphoric acid groups is 2. The highest BCUT2D eigenvalue weighted by molar-refractivity contribution is 7.58. The van der Waals surface area contributed by atoms with Gasteiger partial charge in [0.15, 0.2) is 0 Å². The van der Waals surface area contributed by atoms with E-state index >= 15 is 0 Å². The maximum absolute atomic E-state index is 11.3. The minimum atomic E-state index is -5.67. The van der Waals surface area contributed by atoms with E-state index in [1.165, 1.54) is 62.7 Å². The standard InChI is InChI=1S/C50H84O7P2/c1-41(2)21-12-22-42(3)23-13-24-43(4)25-14-26-44(5)27-15-28-45(6)29-16-30-46(7)31-17-32-47(8)33-18-34-48(9)35-19-36-49(10)37-20-38-50(11)39-40-56-59(54,55)57-58(51,52)53/h21,23,25,27,29,31,33,35,37,39H,12-20,22,24,26,28,30,32,34,36,38,40H2,1-11H3,(H,54,55)(H2,51,52,53)/p-3/b42-23+,43-25-,44-27-,45-29-,46-31-,47-33-,48-35-,49-37-,50-39-. The molecule has 0 amide bonds. The van der Waals surface area contributed by atoms with Crippen LogP contribution in [-0.4, -0.2) is 6.61 Å². The van der Waals surface area contributed by atoms with Crippen molar-refractivity contribution < 1.29 is 32.6 Å². The maximum atomic E-state index is 11.3. The molecular formula is C50H81O7P2-3. The summed E-state index contributed by atoms with van der Waals surface area (Å²) in [5.74, 6) is 0. The third-order valence-electron chi connectivity index (χ3n) is 10.2. The third kappa shape index (κ3) is 38.3. The summed E-state index contributed by atoms with van der Waals surface area (Å²) in [6.07, 6.45) is 42.1. The zero-order chi connectivity index (χ0) is 44.7. The van der Waals surface area contributed by atoms with Gasteiger partial charge in [0.2, 0.25) is 0 Å². The van der Waals surface area contributed by atoms with Crippen molar-refractivity contribution in [2.24, 2.45) is 0 Å². The monoisotopic (exact) mass is 856 g/mol. The van der Waals surface area contributed by atoms with E-state index in [4.69, 9.17) is 0 Å². The van der Waals surface area contributed by atoms with Gasteiger partial charge < -0.3 is 23.8 Å². The van der Waals surface area contributed by atoms with Gasteiger partial charge in [-0.3, -0.25) is 8.88 Å². The highest BCUT2D eigenvalue weighted by Gasteiger charge is 2.10. The van der Waals surface area contributed by atoms with Crippen molar-refractivity contribution in [3.63, 3.8) is 0 Å². The molecule has 0 rings (SSSR count). The topological polar surface area (TPSA) is 122 Å². The Morgan fingerprint density at radius 2 is 0.559 bits per heavy atom. The highest BCUT2D eigenvalue weighted by Crippen LogP contribution is 2.50. The molecular weight excluding hydrogens is 774 g/mol. The molecule has 0 saturated carbocycles. The van der Waals surface area contributed by atoms with E-state index in [1.54, 1.807) is 0 Å². The molecule has 0 fully saturated rings. The molecule has 0 spiro atoms. The Labute approximate surface area is 361 Å². The lowest BCUT2D eigenvalue weighted by atomic mass is 10.0. The van der Waals surface area contributed by atoms with Crippen molar-refractivity contribution in [2.75, 3.05) is 6.61 Å². The highest BCUT2D eigenvalue weighted by atomic mass is 31.3. The largest absolute Gasteiger partial charge is 0.790 e. The summed E-state index contributed by atoms with van der Waals surface area (Å²) in [5.41, 5.74) is 13.9. The Bertz CT molecular complexity index is 1640. The molecule has 0 saturated heterocycles. The summed E-state index contributed by atoms with van der Waals surface area (Å²) in [6, 6.07) is 0. The van der Waals surface area contributed by atoms with E-state index in [2.05, 4.69) is 133 Å². The van der Waals surface area contributed by atoms with Gasteiger partial charge in [0, 0.05) is 0 Å². The van der Waals surface area contributed by atoms with Crippen LogP contribution in [0.4, 0.5) is 0 Å². The smallest absolute Gasteiger partial charge is 0.272 e. The summed E-state index contributed by atoms with van der Waals surface area (Å²) in [7, 11) is -10.9. The van der Waals surface area contributed by atoms with Crippen molar-refractivity contribution in [1.29, 1.82) is 0 Å². The average molecular weight is 856 g/mol. The van der Waals surface area contributed by atoms with Crippen LogP contribution in [0.1, 0.15) is 192 Å². The predicted molar refractivity (Wildman–Crippen MR) is 249 cm³/mol. The van der Waals surface area contributed by atoms with Gasteiger partial charge in [-0.25, -0.2) is 0 Å². The minimum Gasteiger partial charge on any atom is -0.790 e. The first kappa shape index (κ1) is 56.7. The van der Waals surface area contributed by atoms with E-state index in [1.807, 2.05) is 6.92 Å². The van der Waals surface area contributed by atoms with Gasteiger partial charge in [-0.15, -0.1) is 0 Å². The third-order valence-corrected chi connectivity index (χ3v) is 12.3. The molecule has 1 unspecified atom stereocenters. The molecule has 1 atom stereocenters. The van der Waals surface area contributed by atoms with Gasteiger partial charge in [-0.1, -0.05) is 116 Å². The fourth-order valence-electron chi connectivity index (χ4n) is 6.29. The summed E-state index contributed by atoms with van der Waals surface area (Å²) >= 11 is 0. The number of allylic oxidation sites excluding steroid dienone is 19. The Morgan fingerprint density at radius 3 is 0.763 bits per heavy atom. The number of hydrogen-bond donors (Lipinski definition) is 0. The van der Waals surface area contributed by atoms with E-state index in [9.17, 15) is 23.8 Å². The molecule has 0 heterocycles. The molecule has 7 nitrogen and oxygen atoms in total. The van der Waals surface area contributed by atoms with Gasteiger partial charge in [0.1, 0.15) is 0 Å². The van der Waals surface area contributed by atoms with Crippen LogP contribution in [0, 0.1) is 0 Å². The Balaban J connectivity index is 4.30. The normalized spacial score (nSPS) is 15.9. The van der Waals surface area contributed by atoms with Crippen LogP contribution >= 0.6 is 15.6 Å². The fraction of sp³-hybridized carbons (Fsp3) is 0.600. The number of hydrogen-bond acceptors (Lipinski definition) is 7. The maximum Gasteiger partial charge on any atom is 0.272 e. The van der Waals surface area contributed by atoms with Gasteiger partial charge >= 0.3 is 0 Å². The first-order valence-corrected chi connectivity index (χ1v) is 24.8. The van der Waals surface area contributed by atoms with E-state index in [0.29, 0.717) is 6.42 Å². The van der Waals surface area contributed by atoms with Crippen LogP contribution in [0.15, 0.2) is 116 Å². The van der Waals surface area contributed by atoms with Crippen LogP contribution < -0.4 is 14.7 Å². The van der Waals surface area contributed by atoms with Crippen molar-refractivity contribution in [2.45, 2.75) is 192 Å². The van der Waals surface area contributed by atoms with Crippen LogP contribution in [-0.2, 0) is 18.0 Å². The molecule has 0 bridgehead atoms. The molecule has 0 aromatic rings. The molecule has 0 aromatic carbocycles. The average Bonchev–Trinajstić information content (AvgIpc) is 3.10. The summed E-state index contributed by atoms with van der Waals surface area (Å²) in [6.45, 7) is 23.7. The van der Waals surface area contributed by atoms with Crippen LogP contribution in [0.2, 0.25) is 0 Å². The first-order valence-electron chi connectivity index (χ1n) is 21.9. The van der Waals surface area contributed by atoms with E-state index < -0.39 is 22.3 Å². The van der Waals surface area contributed by atoms with Gasteiger partial charge in [-0.05, 0) is 192 Å². The van der Waals surface area contributed by atoms with Crippen molar-refractivity contribution >= 4 is 15.6 Å². The van der Waals surface area contributed by atoms with Gasteiger partial charge in [0.25, 0.3) is 7.82 Å². The van der Waals surface area contributed by atoms with E-state index in [-0.39, 0.29) is 0 Å². The van der Waals surface area contributed by atoms with Crippen LogP contribution in [0.25, 0.3) is 0 Å². The SMILES string of the molecule is CC(C)=CCC/C(C)=C/CC/C(C)=C\CC/C(C)=C\CC/C(C)=C\CC/C(C)=C\CC/C(C)=C\CC/C(C)=C\CC/C(C)=C\CC/C(C)=C\COP(=O)([O-])OP(=O)([O-])[O-]. The quantitative estimate of drug-likeness (QED) is 0.0488. The molecule has 0 N–H and O–H groups in total. The zero-order valence-electron chi connectivity index (χ0n) is 39.0. The second-order valence-corrected chi connectivity index (χ2v) is 19.6. The molecule has 0 radical (unpaired) electrons. The lowest BCUT2D eigenvalue weighted by Gasteiger charge is -2.34. The van der Waals surface area contributed by atoms with Gasteiger partial charge in [0.05, 0.1) is 14.4 Å².